The Morgan fingerprint density at radius 3 is 2.19 bits per heavy atom. The summed E-state index contributed by atoms with van der Waals surface area (Å²) in [5, 5.41) is 0. The Morgan fingerprint density at radius 2 is 1.56 bits per heavy atom. The van der Waals surface area contributed by atoms with Gasteiger partial charge in [-0.25, -0.2) is 8.78 Å². The van der Waals surface area contributed by atoms with Gasteiger partial charge in [-0.2, -0.15) is 0 Å². The summed E-state index contributed by atoms with van der Waals surface area (Å²) in [6, 6.07) is 17.2. The fourth-order valence-electron chi connectivity index (χ4n) is 5.44. The zero-order valence-electron chi connectivity index (χ0n) is 21.7. The maximum absolute atomic E-state index is 13.5. The topological polar surface area (TPSA) is 15.7 Å². The van der Waals surface area contributed by atoms with Gasteiger partial charge in [0.1, 0.15) is 5.76 Å². The van der Waals surface area contributed by atoms with Crippen molar-refractivity contribution in [2.45, 2.75) is 57.4 Å². The van der Waals surface area contributed by atoms with Crippen molar-refractivity contribution < 1.29 is 13.5 Å². The fraction of sp³-hybridized carbons (Fsp3) is 0.484. The molecule has 0 bridgehead atoms. The molecule has 0 aromatic heterocycles. The lowest BCUT2D eigenvalue weighted by molar-refractivity contribution is -0.0462. The molecule has 1 saturated heterocycles. The molecular weight excluding hydrogens is 454 g/mol. The molecule has 194 valence electrons. The van der Waals surface area contributed by atoms with Gasteiger partial charge in [0.2, 0.25) is 5.92 Å². The predicted octanol–water partition coefficient (Wildman–Crippen LogP) is 6.94. The number of aryl methyl sites for hydroxylation is 2. The molecule has 1 aliphatic carbocycles. The van der Waals surface area contributed by atoms with Crippen molar-refractivity contribution in [2.75, 3.05) is 33.3 Å². The van der Waals surface area contributed by atoms with Crippen LogP contribution in [-0.2, 0) is 24.1 Å². The zero-order chi connectivity index (χ0) is 25.5. The molecule has 1 heterocycles. The van der Waals surface area contributed by atoms with Crippen molar-refractivity contribution in [3.63, 3.8) is 0 Å². The number of ether oxygens (including phenoxy) is 1. The minimum atomic E-state index is -2.45. The van der Waals surface area contributed by atoms with Crippen molar-refractivity contribution in [2.24, 2.45) is 5.92 Å². The van der Waals surface area contributed by atoms with Crippen LogP contribution in [0.15, 0.2) is 67.4 Å². The third-order valence-corrected chi connectivity index (χ3v) is 7.90. The van der Waals surface area contributed by atoms with Gasteiger partial charge in [-0.3, -0.25) is 4.90 Å². The SMILES string of the molecule is C=C(OC)c1ccc(CCc2ccccc2CN2CCN(C(=C)CC3CCC(F)(F)CC3)CC2)cc1. The third kappa shape index (κ3) is 7.19. The number of methoxy groups -OCH3 is 1. The average Bonchev–Trinajstić information content (AvgIpc) is 2.89. The van der Waals surface area contributed by atoms with E-state index >= 15 is 0 Å². The van der Waals surface area contributed by atoms with E-state index in [2.05, 4.69) is 71.5 Å². The summed E-state index contributed by atoms with van der Waals surface area (Å²) < 4.78 is 32.1. The van der Waals surface area contributed by atoms with Crippen LogP contribution in [0.1, 0.15) is 54.4 Å². The number of alkyl halides is 2. The van der Waals surface area contributed by atoms with E-state index in [1.807, 2.05) is 0 Å². The average molecular weight is 495 g/mol. The van der Waals surface area contributed by atoms with Crippen molar-refractivity contribution in [3.05, 3.63) is 89.6 Å². The first-order valence-corrected chi connectivity index (χ1v) is 13.2. The number of allylic oxidation sites excluding steroid dienone is 1. The predicted molar refractivity (Wildman–Crippen MR) is 144 cm³/mol. The van der Waals surface area contributed by atoms with Gasteiger partial charge in [-0.15, -0.1) is 0 Å². The summed E-state index contributed by atoms with van der Waals surface area (Å²) in [6.07, 6.45) is 4.18. The summed E-state index contributed by atoms with van der Waals surface area (Å²) in [4.78, 5) is 4.89. The van der Waals surface area contributed by atoms with Crippen LogP contribution < -0.4 is 0 Å². The van der Waals surface area contributed by atoms with Crippen molar-refractivity contribution in [1.82, 2.24) is 9.80 Å². The maximum Gasteiger partial charge on any atom is 0.248 e. The van der Waals surface area contributed by atoms with Crippen LogP contribution in [0, 0.1) is 5.92 Å². The highest BCUT2D eigenvalue weighted by atomic mass is 19.3. The van der Waals surface area contributed by atoms with Crippen LogP contribution >= 0.6 is 0 Å². The minimum absolute atomic E-state index is 0.0347. The maximum atomic E-state index is 13.5. The molecule has 0 atom stereocenters. The molecular formula is C31H40F2N2O. The Bertz CT molecular complexity index is 1020. The van der Waals surface area contributed by atoms with Gasteiger partial charge in [0.15, 0.2) is 0 Å². The molecule has 0 spiro atoms. The van der Waals surface area contributed by atoms with E-state index in [-0.39, 0.29) is 12.8 Å². The smallest absolute Gasteiger partial charge is 0.248 e. The van der Waals surface area contributed by atoms with Gasteiger partial charge in [-0.05, 0) is 54.7 Å². The van der Waals surface area contributed by atoms with E-state index in [0.29, 0.717) is 24.5 Å². The molecule has 0 radical (unpaired) electrons. The molecule has 2 aromatic rings. The lowest BCUT2D eigenvalue weighted by atomic mass is 9.84. The highest BCUT2D eigenvalue weighted by molar-refractivity contribution is 5.57. The number of hydrogen-bond acceptors (Lipinski definition) is 3. The Balaban J connectivity index is 1.24. The van der Waals surface area contributed by atoms with Crippen LogP contribution in [0.5, 0.6) is 0 Å². The Kier molecular flexibility index (Phi) is 8.84. The van der Waals surface area contributed by atoms with E-state index in [1.54, 1.807) is 7.11 Å². The highest BCUT2D eigenvalue weighted by Crippen LogP contribution is 2.38. The van der Waals surface area contributed by atoms with Crippen LogP contribution in [0.3, 0.4) is 0 Å². The third-order valence-electron chi connectivity index (χ3n) is 7.90. The van der Waals surface area contributed by atoms with Gasteiger partial charge in [0, 0.05) is 56.8 Å². The number of rotatable bonds is 10. The van der Waals surface area contributed by atoms with E-state index in [4.69, 9.17) is 4.74 Å². The minimum Gasteiger partial charge on any atom is -0.497 e. The number of hydrogen-bond donors (Lipinski definition) is 0. The number of halogens is 2. The lowest BCUT2D eigenvalue weighted by Crippen LogP contribution is -2.45. The van der Waals surface area contributed by atoms with Crippen LogP contribution in [-0.4, -0.2) is 49.0 Å². The first-order chi connectivity index (χ1) is 17.3. The first-order valence-electron chi connectivity index (χ1n) is 13.2. The molecule has 0 unspecified atom stereocenters. The summed E-state index contributed by atoms with van der Waals surface area (Å²) >= 11 is 0. The zero-order valence-corrected chi connectivity index (χ0v) is 21.7. The van der Waals surface area contributed by atoms with Crippen LogP contribution in [0.25, 0.3) is 5.76 Å². The van der Waals surface area contributed by atoms with E-state index in [0.717, 1.165) is 63.2 Å². The molecule has 4 rings (SSSR count). The molecule has 0 amide bonds. The summed E-state index contributed by atoms with van der Waals surface area (Å²) in [6.45, 7) is 13.1. The second-order valence-corrected chi connectivity index (χ2v) is 10.4. The summed E-state index contributed by atoms with van der Waals surface area (Å²) in [5.74, 6) is -1.41. The molecule has 2 aromatic carbocycles. The first kappa shape index (κ1) is 26.4. The summed E-state index contributed by atoms with van der Waals surface area (Å²) in [5.41, 5.74) is 6.27. The van der Waals surface area contributed by atoms with Crippen LogP contribution in [0.4, 0.5) is 8.78 Å². The van der Waals surface area contributed by atoms with E-state index in [9.17, 15) is 8.78 Å². The fourth-order valence-corrected chi connectivity index (χ4v) is 5.44. The van der Waals surface area contributed by atoms with Gasteiger partial charge in [0.05, 0.1) is 7.11 Å². The molecule has 5 heteroatoms. The number of piperazine rings is 1. The Hall–Kier alpha value is -2.66. The second kappa shape index (κ2) is 12.1. The van der Waals surface area contributed by atoms with Gasteiger partial charge < -0.3 is 9.64 Å². The Labute approximate surface area is 215 Å². The van der Waals surface area contributed by atoms with Crippen LogP contribution in [0.2, 0.25) is 0 Å². The van der Waals surface area contributed by atoms with E-state index < -0.39 is 5.92 Å². The van der Waals surface area contributed by atoms with Crippen molar-refractivity contribution in [1.29, 1.82) is 0 Å². The summed E-state index contributed by atoms with van der Waals surface area (Å²) in [7, 11) is 1.65. The standard InChI is InChI=1S/C31H40F2N2O/c1-24(22-27-14-16-31(32,33)17-15-27)35-20-18-34(19-21-35)23-30-7-5-4-6-29(30)13-10-26-8-11-28(12-9-26)25(2)36-3/h4-9,11-12,27H,1-2,10,13-23H2,3H3. The highest BCUT2D eigenvalue weighted by Gasteiger charge is 2.35. The monoisotopic (exact) mass is 494 g/mol. The molecule has 1 aliphatic heterocycles. The van der Waals surface area contributed by atoms with Gasteiger partial charge in [-0.1, -0.05) is 61.7 Å². The largest absolute Gasteiger partial charge is 0.497 e. The quantitative estimate of drug-likeness (QED) is 0.333. The molecule has 2 fully saturated rings. The normalized spacial score (nSPS) is 18.7. The molecule has 2 aliphatic rings. The number of nitrogens with zero attached hydrogens (tertiary/aromatic N) is 2. The second-order valence-electron chi connectivity index (χ2n) is 10.4. The molecule has 3 nitrogen and oxygen atoms in total. The lowest BCUT2D eigenvalue weighted by Gasteiger charge is -2.39. The van der Waals surface area contributed by atoms with E-state index in [1.165, 1.54) is 16.7 Å². The molecule has 1 saturated carbocycles. The number of benzene rings is 2. The molecule has 0 N–H and O–H groups in total. The van der Waals surface area contributed by atoms with Gasteiger partial charge in [0.25, 0.3) is 0 Å². The van der Waals surface area contributed by atoms with Gasteiger partial charge >= 0.3 is 0 Å². The Morgan fingerprint density at radius 1 is 0.917 bits per heavy atom. The van der Waals surface area contributed by atoms with Crippen molar-refractivity contribution >= 4 is 5.76 Å². The molecule has 36 heavy (non-hydrogen) atoms. The van der Waals surface area contributed by atoms with Crippen molar-refractivity contribution in [3.8, 4) is 0 Å².